The van der Waals surface area contributed by atoms with E-state index in [0.717, 1.165) is 50.5 Å². The van der Waals surface area contributed by atoms with Crippen molar-refractivity contribution in [3.63, 3.8) is 0 Å². The molecular formula is C21H30N2O3S. The number of rotatable bonds is 9. The first kappa shape index (κ1) is 20.3. The van der Waals surface area contributed by atoms with E-state index < -0.39 is 0 Å². The van der Waals surface area contributed by atoms with Crippen molar-refractivity contribution in [2.24, 2.45) is 0 Å². The fourth-order valence-electron chi connectivity index (χ4n) is 3.76. The molecule has 0 amide bonds. The van der Waals surface area contributed by atoms with Crippen LogP contribution in [-0.2, 0) is 19.7 Å². The van der Waals surface area contributed by atoms with Crippen molar-refractivity contribution in [3.05, 3.63) is 51.7 Å². The van der Waals surface area contributed by atoms with Crippen molar-refractivity contribution in [3.8, 4) is 5.75 Å². The smallest absolute Gasteiger partial charge is 0.124 e. The molecule has 1 aliphatic rings. The Bertz CT molecular complexity index is 693. The van der Waals surface area contributed by atoms with Gasteiger partial charge in [-0.1, -0.05) is 6.07 Å². The lowest BCUT2D eigenvalue weighted by molar-refractivity contribution is 0.0500. The van der Waals surface area contributed by atoms with Crippen LogP contribution in [0.1, 0.15) is 30.0 Å². The van der Waals surface area contributed by atoms with E-state index in [1.54, 1.807) is 11.3 Å². The first-order valence-corrected chi connectivity index (χ1v) is 10.6. The molecule has 2 aromatic rings. The third kappa shape index (κ3) is 5.53. The second kappa shape index (κ2) is 10.2. The van der Waals surface area contributed by atoms with Crippen molar-refractivity contribution >= 4 is 11.3 Å². The number of piperazine rings is 1. The van der Waals surface area contributed by atoms with Gasteiger partial charge in [0.25, 0.3) is 0 Å². The minimum atomic E-state index is -0.00920. The van der Waals surface area contributed by atoms with Crippen LogP contribution < -0.4 is 4.74 Å². The Morgan fingerprint density at radius 3 is 2.74 bits per heavy atom. The van der Waals surface area contributed by atoms with Crippen molar-refractivity contribution in [2.75, 3.05) is 32.8 Å². The van der Waals surface area contributed by atoms with Gasteiger partial charge in [-0.05, 0) is 53.4 Å². The van der Waals surface area contributed by atoms with Crippen LogP contribution in [0.25, 0.3) is 0 Å². The molecule has 148 valence electrons. The third-order valence-corrected chi connectivity index (χ3v) is 5.85. The summed E-state index contributed by atoms with van der Waals surface area (Å²) < 4.78 is 5.58. The third-order valence-electron chi connectivity index (χ3n) is 5.12. The molecule has 1 aromatic heterocycles. The van der Waals surface area contributed by atoms with Crippen molar-refractivity contribution in [1.29, 1.82) is 0 Å². The van der Waals surface area contributed by atoms with E-state index >= 15 is 0 Å². The van der Waals surface area contributed by atoms with Crippen LogP contribution in [-0.4, -0.2) is 58.9 Å². The molecule has 1 aliphatic heterocycles. The lowest BCUT2D eigenvalue weighted by Gasteiger charge is -2.41. The Balaban J connectivity index is 1.63. The van der Waals surface area contributed by atoms with Crippen molar-refractivity contribution in [2.45, 2.75) is 39.1 Å². The van der Waals surface area contributed by atoms with Gasteiger partial charge in [0.05, 0.1) is 13.2 Å². The molecule has 0 spiro atoms. The highest BCUT2D eigenvalue weighted by atomic mass is 32.1. The van der Waals surface area contributed by atoms with Crippen molar-refractivity contribution in [1.82, 2.24) is 9.80 Å². The predicted octanol–water partition coefficient (Wildman–Crippen LogP) is 2.71. The highest BCUT2D eigenvalue weighted by molar-refractivity contribution is 7.07. The second-order valence-electron chi connectivity index (χ2n) is 7.04. The standard InChI is InChI=1S/C21H30N2O3S/c1-2-26-21-4-3-17(11-19(21)15-25)12-22-7-8-23(20(14-22)5-9-24)13-18-6-10-27-16-18/h3-4,6,10-11,16,20,24-25H,2,5,7-9,12-15H2,1H3/t20-/m0/s1. The maximum Gasteiger partial charge on any atom is 0.124 e. The molecule has 2 heterocycles. The summed E-state index contributed by atoms with van der Waals surface area (Å²) >= 11 is 1.74. The van der Waals surface area contributed by atoms with Crippen LogP contribution in [0.15, 0.2) is 35.0 Å². The zero-order valence-electron chi connectivity index (χ0n) is 16.0. The summed E-state index contributed by atoms with van der Waals surface area (Å²) in [5, 5.41) is 23.4. The van der Waals surface area contributed by atoms with Gasteiger partial charge >= 0.3 is 0 Å². The Labute approximate surface area is 165 Å². The van der Waals surface area contributed by atoms with Gasteiger partial charge < -0.3 is 14.9 Å². The van der Waals surface area contributed by atoms with Gasteiger partial charge in [-0.2, -0.15) is 11.3 Å². The van der Waals surface area contributed by atoms with E-state index in [1.807, 2.05) is 19.1 Å². The maximum atomic E-state index is 9.62. The molecule has 1 aromatic carbocycles. The summed E-state index contributed by atoms with van der Waals surface area (Å²) in [6.45, 7) is 7.53. The molecule has 0 radical (unpaired) electrons. The van der Waals surface area contributed by atoms with Crippen LogP contribution >= 0.6 is 11.3 Å². The topological polar surface area (TPSA) is 56.2 Å². The van der Waals surface area contributed by atoms with E-state index in [9.17, 15) is 10.2 Å². The first-order chi connectivity index (χ1) is 13.2. The lowest BCUT2D eigenvalue weighted by atomic mass is 10.1. The van der Waals surface area contributed by atoms with Crippen molar-refractivity contribution < 1.29 is 14.9 Å². The summed E-state index contributed by atoms with van der Waals surface area (Å²) in [7, 11) is 0. The maximum absolute atomic E-state index is 9.62. The molecule has 0 saturated carbocycles. The summed E-state index contributed by atoms with van der Waals surface area (Å²) in [4.78, 5) is 4.94. The van der Waals surface area contributed by atoms with Gasteiger partial charge in [-0.15, -0.1) is 0 Å². The molecule has 2 N–H and O–H groups in total. The minimum absolute atomic E-state index is 0.00920. The number of benzene rings is 1. The molecule has 27 heavy (non-hydrogen) atoms. The van der Waals surface area contributed by atoms with Crippen LogP contribution in [0.2, 0.25) is 0 Å². The number of nitrogens with zero attached hydrogens (tertiary/aromatic N) is 2. The largest absolute Gasteiger partial charge is 0.494 e. The quantitative estimate of drug-likeness (QED) is 0.690. The number of aliphatic hydroxyl groups excluding tert-OH is 2. The average Bonchev–Trinajstić information content (AvgIpc) is 3.18. The van der Waals surface area contributed by atoms with Crippen LogP contribution in [0, 0.1) is 0 Å². The summed E-state index contributed by atoms with van der Waals surface area (Å²) in [6, 6.07) is 8.64. The summed E-state index contributed by atoms with van der Waals surface area (Å²) in [5.41, 5.74) is 3.39. The molecule has 1 fully saturated rings. The fourth-order valence-corrected chi connectivity index (χ4v) is 4.42. The van der Waals surface area contributed by atoms with Crippen LogP contribution in [0.3, 0.4) is 0 Å². The van der Waals surface area contributed by atoms with Gasteiger partial charge in [0, 0.05) is 50.9 Å². The number of hydrogen-bond acceptors (Lipinski definition) is 6. The molecule has 0 aliphatic carbocycles. The highest BCUT2D eigenvalue weighted by Crippen LogP contribution is 2.23. The predicted molar refractivity (Wildman–Crippen MR) is 109 cm³/mol. The zero-order valence-corrected chi connectivity index (χ0v) is 16.8. The van der Waals surface area contributed by atoms with E-state index in [-0.39, 0.29) is 13.2 Å². The number of hydrogen-bond donors (Lipinski definition) is 2. The molecule has 1 saturated heterocycles. The van der Waals surface area contributed by atoms with Crippen LogP contribution in [0.4, 0.5) is 0 Å². The summed E-state index contributed by atoms with van der Waals surface area (Å²) in [6.07, 6.45) is 0.797. The van der Waals surface area contributed by atoms with Crippen LogP contribution in [0.5, 0.6) is 5.75 Å². The Morgan fingerprint density at radius 1 is 1.15 bits per heavy atom. The normalized spacial score (nSPS) is 18.7. The van der Waals surface area contributed by atoms with Gasteiger partial charge in [-0.3, -0.25) is 9.80 Å². The van der Waals surface area contributed by atoms with Gasteiger partial charge in [-0.25, -0.2) is 0 Å². The Kier molecular flexibility index (Phi) is 7.67. The van der Waals surface area contributed by atoms with Gasteiger partial charge in [0.2, 0.25) is 0 Å². The number of aliphatic hydroxyl groups is 2. The Morgan fingerprint density at radius 2 is 2.04 bits per heavy atom. The molecule has 3 rings (SSSR count). The number of ether oxygens (including phenoxy) is 1. The molecule has 0 bridgehead atoms. The second-order valence-corrected chi connectivity index (χ2v) is 7.82. The minimum Gasteiger partial charge on any atom is -0.494 e. The zero-order chi connectivity index (χ0) is 19.1. The SMILES string of the molecule is CCOc1ccc(CN2CCN(Cc3ccsc3)[C@@H](CCO)C2)cc1CO. The van der Waals surface area contributed by atoms with Gasteiger partial charge in [0.1, 0.15) is 5.75 Å². The highest BCUT2D eigenvalue weighted by Gasteiger charge is 2.26. The first-order valence-electron chi connectivity index (χ1n) is 9.67. The number of thiophene rings is 1. The monoisotopic (exact) mass is 390 g/mol. The van der Waals surface area contributed by atoms with Gasteiger partial charge in [0.15, 0.2) is 0 Å². The van der Waals surface area contributed by atoms with E-state index in [0.29, 0.717) is 12.6 Å². The molecule has 1 atom stereocenters. The summed E-state index contributed by atoms with van der Waals surface area (Å²) in [5.74, 6) is 0.766. The lowest BCUT2D eigenvalue weighted by Crippen LogP contribution is -2.52. The molecule has 5 nitrogen and oxygen atoms in total. The molecule has 0 unspecified atom stereocenters. The Hall–Kier alpha value is -1.44. The van der Waals surface area contributed by atoms with E-state index in [4.69, 9.17) is 4.74 Å². The van der Waals surface area contributed by atoms with E-state index in [2.05, 4.69) is 32.7 Å². The average molecular weight is 391 g/mol. The molecule has 6 heteroatoms. The molecular weight excluding hydrogens is 360 g/mol. The van der Waals surface area contributed by atoms with E-state index in [1.165, 1.54) is 11.1 Å². The fraction of sp³-hybridized carbons (Fsp3) is 0.524.